The number of benzene rings is 8. The van der Waals surface area contributed by atoms with Crippen LogP contribution in [0.5, 0.6) is 5.75 Å². The van der Waals surface area contributed by atoms with Crippen LogP contribution in [0.2, 0.25) is 0 Å². The van der Waals surface area contributed by atoms with E-state index in [9.17, 15) is 0 Å². The van der Waals surface area contributed by atoms with Gasteiger partial charge in [-0.2, -0.15) is 0 Å². The SMILES string of the molecule is Brc1ccccn1.CC(C)c1cccc(C(C)C)c1-n1c2ccccc2c2cc(-c3ccccn3)ccc21.CC(C)c1cccc(C(C)C)c1-n1c2ccccc2c2cc(B3OC(C)(C)C(C)(C)O3)ccc21.COc1cccc(C)c1-c1ccccc1P(C1CCCCC1)C1CCCCC1. The van der Waals surface area contributed by atoms with Crippen molar-refractivity contribution in [2.45, 2.75) is 200 Å². The predicted octanol–water partition coefficient (Wildman–Crippen LogP) is 24.7. The molecule has 10 heteroatoms. The molecule has 516 valence electrons. The summed E-state index contributed by atoms with van der Waals surface area (Å²) in [7, 11) is 1.32. The molecule has 1 saturated heterocycles. The van der Waals surface area contributed by atoms with Crippen molar-refractivity contribution in [2.75, 3.05) is 7.11 Å². The molecule has 4 aromatic heterocycles. The van der Waals surface area contributed by atoms with Crippen molar-refractivity contribution in [1.29, 1.82) is 0 Å². The number of hydrogen-bond acceptors (Lipinski definition) is 5. The summed E-state index contributed by atoms with van der Waals surface area (Å²) < 4.78 is 24.4. The van der Waals surface area contributed by atoms with Gasteiger partial charge in [0.1, 0.15) is 10.4 Å². The maximum absolute atomic E-state index is 6.37. The van der Waals surface area contributed by atoms with Gasteiger partial charge in [-0.3, -0.25) is 4.98 Å². The van der Waals surface area contributed by atoms with Gasteiger partial charge in [-0.15, -0.1) is 0 Å². The Morgan fingerprint density at radius 1 is 0.470 bits per heavy atom. The molecule has 0 unspecified atom stereocenters. The highest BCUT2D eigenvalue weighted by atomic mass is 79.9. The quantitative estimate of drug-likeness (QED) is 0.0654. The normalized spacial score (nSPS) is 15.6. The minimum absolute atomic E-state index is 0.122. The minimum Gasteiger partial charge on any atom is -0.496 e. The summed E-state index contributed by atoms with van der Waals surface area (Å²) in [5.74, 6) is 2.76. The van der Waals surface area contributed by atoms with Gasteiger partial charge in [0.15, 0.2) is 0 Å². The molecule has 8 aromatic carbocycles. The zero-order valence-electron chi connectivity index (χ0n) is 61.7. The molecular formula is C90H103BBrN4O3P. The highest BCUT2D eigenvalue weighted by Crippen LogP contribution is 2.57. The lowest BCUT2D eigenvalue weighted by Crippen LogP contribution is -2.41. The second-order valence-electron chi connectivity index (χ2n) is 30.0. The summed E-state index contributed by atoms with van der Waals surface area (Å²) >= 11 is 3.20. The van der Waals surface area contributed by atoms with E-state index in [1.807, 2.05) is 43.6 Å². The number of aromatic nitrogens is 4. The second kappa shape index (κ2) is 31.7. The molecule has 0 atom stereocenters. The van der Waals surface area contributed by atoms with Gasteiger partial charge in [-0.05, 0) is 216 Å². The first-order valence-corrected chi connectivity index (χ1v) is 39.2. The Kier molecular flexibility index (Phi) is 22.9. The van der Waals surface area contributed by atoms with Crippen LogP contribution < -0.4 is 15.5 Å². The number of hydrogen-bond donors (Lipinski definition) is 0. The fourth-order valence-corrected chi connectivity index (χ4v) is 19.8. The van der Waals surface area contributed by atoms with E-state index in [0.717, 1.165) is 38.4 Å². The highest BCUT2D eigenvalue weighted by molar-refractivity contribution is 9.10. The first kappa shape index (κ1) is 72.2. The van der Waals surface area contributed by atoms with Gasteiger partial charge >= 0.3 is 7.12 Å². The summed E-state index contributed by atoms with van der Waals surface area (Å²) in [5.41, 5.74) is 21.6. The van der Waals surface area contributed by atoms with Crippen LogP contribution in [-0.2, 0) is 9.31 Å². The standard InChI is InChI=1S/C30H36BNO2.C29H28N2.C26H35OP.C5H4BrN/c1-19(2)22-13-11-14-23(20(3)4)28(22)32-26-15-10-9-12-24(26)25-18-21(16-17-27(25)32)31-33-29(5,6)30(7,8)34-31;1-19(2)22-11-9-12-23(20(3)4)29(22)31-27-14-6-5-10-24(27)25-18-21(15-16-28(25)31)26-13-7-8-17-30-26;1-20-12-11-18-24(27-2)26(20)23-17-9-10-19-25(23)28(21-13-5-3-6-14-21)22-15-7-4-8-16-22;6-5-3-1-2-4-7-5/h9-20H,1-8H3;5-20H,1-4H3;9-12,17-19,21-22H,3-8,13-16H2,1-2H3;1-4H. The van der Waals surface area contributed by atoms with Gasteiger partial charge in [-0.1, -0.05) is 241 Å². The number of fused-ring (bicyclic) bond motifs is 6. The van der Waals surface area contributed by atoms with Crippen molar-refractivity contribution in [3.8, 4) is 39.5 Å². The fraction of sp³-hybridized carbons (Fsp3) is 0.356. The Labute approximate surface area is 606 Å². The zero-order valence-corrected chi connectivity index (χ0v) is 64.1. The average Bonchev–Trinajstić information content (AvgIpc) is 1.55. The lowest BCUT2D eigenvalue weighted by Gasteiger charge is -2.39. The molecule has 15 rings (SSSR count). The molecule has 3 fully saturated rings. The van der Waals surface area contributed by atoms with E-state index >= 15 is 0 Å². The number of pyridine rings is 2. The average molecular weight is 1410 g/mol. The van der Waals surface area contributed by atoms with Gasteiger partial charge in [0.2, 0.25) is 0 Å². The first-order chi connectivity index (χ1) is 48.3. The number of aryl methyl sites for hydroxylation is 1. The van der Waals surface area contributed by atoms with E-state index in [0.29, 0.717) is 23.7 Å². The van der Waals surface area contributed by atoms with Crippen molar-refractivity contribution < 1.29 is 14.0 Å². The molecule has 0 spiro atoms. The fourth-order valence-electron chi connectivity index (χ4n) is 15.6. The minimum atomic E-state index is -0.370. The number of ether oxygens (including phenoxy) is 1. The van der Waals surface area contributed by atoms with Crippen LogP contribution >= 0.6 is 23.9 Å². The largest absolute Gasteiger partial charge is 0.496 e. The van der Waals surface area contributed by atoms with E-state index in [-0.39, 0.29) is 26.2 Å². The van der Waals surface area contributed by atoms with Crippen LogP contribution in [-0.4, -0.2) is 55.9 Å². The third kappa shape index (κ3) is 15.1. The van der Waals surface area contributed by atoms with E-state index in [1.54, 1.807) is 11.5 Å². The van der Waals surface area contributed by atoms with E-state index in [4.69, 9.17) is 14.0 Å². The third-order valence-corrected chi connectivity index (χ3v) is 25.5. The Hall–Kier alpha value is -7.65. The first-order valence-electron chi connectivity index (χ1n) is 36.9. The van der Waals surface area contributed by atoms with Crippen LogP contribution in [0.25, 0.3) is 77.4 Å². The smallest absolute Gasteiger partial charge is 0.494 e. The number of methoxy groups -OCH3 is 1. The lowest BCUT2D eigenvalue weighted by molar-refractivity contribution is 0.00578. The molecule has 0 bridgehead atoms. The molecule has 2 saturated carbocycles. The summed E-state index contributed by atoms with van der Waals surface area (Å²) in [4.78, 5) is 8.46. The van der Waals surface area contributed by atoms with Crippen LogP contribution in [0.15, 0.2) is 217 Å². The van der Waals surface area contributed by atoms with Crippen molar-refractivity contribution in [3.63, 3.8) is 0 Å². The van der Waals surface area contributed by atoms with Gasteiger partial charge in [-0.25, -0.2) is 4.98 Å². The van der Waals surface area contributed by atoms with Crippen molar-refractivity contribution in [3.05, 3.63) is 245 Å². The molecule has 0 radical (unpaired) electrons. The van der Waals surface area contributed by atoms with E-state index < -0.39 is 0 Å². The van der Waals surface area contributed by atoms with Gasteiger partial charge in [0.05, 0.1) is 57.4 Å². The molecule has 0 amide bonds. The van der Waals surface area contributed by atoms with E-state index in [2.05, 4.69) is 295 Å². The van der Waals surface area contributed by atoms with Crippen LogP contribution in [0.3, 0.4) is 0 Å². The summed E-state index contributed by atoms with van der Waals surface area (Å²) in [6.07, 6.45) is 18.0. The maximum atomic E-state index is 6.37. The van der Waals surface area contributed by atoms with Gasteiger partial charge in [0.25, 0.3) is 0 Å². The Morgan fingerprint density at radius 2 is 0.920 bits per heavy atom. The lowest BCUT2D eigenvalue weighted by atomic mass is 9.78. The van der Waals surface area contributed by atoms with Gasteiger partial charge < -0.3 is 23.2 Å². The van der Waals surface area contributed by atoms with Crippen molar-refractivity contribution in [1.82, 2.24) is 19.1 Å². The second-order valence-corrected chi connectivity index (χ2v) is 33.6. The Bertz CT molecular complexity index is 4670. The third-order valence-electron chi connectivity index (χ3n) is 21.5. The summed E-state index contributed by atoms with van der Waals surface area (Å²) in [5, 5.41) is 6.69. The van der Waals surface area contributed by atoms with E-state index in [1.165, 1.54) is 158 Å². The number of para-hydroxylation sites is 4. The topological polar surface area (TPSA) is 63.3 Å². The maximum Gasteiger partial charge on any atom is 0.494 e. The monoisotopic (exact) mass is 1410 g/mol. The van der Waals surface area contributed by atoms with Crippen LogP contribution in [0, 0.1) is 6.92 Å². The van der Waals surface area contributed by atoms with Gasteiger partial charge in [0, 0.05) is 45.1 Å². The number of nitrogens with zero attached hydrogens (tertiary/aromatic N) is 4. The van der Waals surface area contributed by atoms with Crippen LogP contribution in [0.4, 0.5) is 0 Å². The molecular weight excluding hydrogens is 1310 g/mol. The molecule has 3 aliphatic rings. The molecule has 1 aliphatic heterocycles. The number of halogens is 1. The highest BCUT2D eigenvalue weighted by Gasteiger charge is 2.52. The zero-order chi connectivity index (χ0) is 70.4. The van der Waals surface area contributed by atoms with Crippen LogP contribution in [0.1, 0.15) is 199 Å². The Morgan fingerprint density at radius 3 is 1.39 bits per heavy atom. The molecule has 5 heterocycles. The Balaban J connectivity index is 0.000000136. The number of rotatable bonds is 13. The molecule has 100 heavy (non-hydrogen) atoms. The summed E-state index contributed by atoms with van der Waals surface area (Å²) in [6.45, 7) is 28.9. The molecule has 7 nitrogen and oxygen atoms in total. The predicted molar refractivity (Wildman–Crippen MR) is 432 cm³/mol. The van der Waals surface area contributed by atoms with Crippen molar-refractivity contribution in [2.24, 2.45) is 0 Å². The molecule has 12 aromatic rings. The molecule has 0 N–H and O–H groups in total. The summed E-state index contributed by atoms with van der Waals surface area (Å²) in [6, 6.07) is 72.1. The molecule has 2 aliphatic carbocycles. The van der Waals surface area contributed by atoms with Crippen molar-refractivity contribution >= 4 is 85.3 Å².